The van der Waals surface area contributed by atoms with E-state index in [1.807, 2.05) is 0 Å². The summed E-state index contributed by atoms with van der Waals surface area (Å²) in [6.45, 7) is -0.166. The summed E-state index contributed by atoms with van der Waals surface area (Å²) in [6, 6.07) is 5.04. The first-order chi connectivity index (χ1) is 15.6. The van der Waals surface area contributed by atoms with E-state index in [4.69, 9.17) is 16.6 Å². The third-order valence-electron chi connectivity index (χ3n) is 4.66. The molecule has 182 valence electrons. The van der Waals surface area contributed by atoms with Gasteiger partial charge in [-0.05, 0) is 24.9 Å². The molecular formula is C21H31N5O7. The highest BCUT2D eigenvalue weighted by atomic mass is 16.4. The van der Waals surface area contributed by atoms with Crippen LogP contribution in [0.2, 0.25) is 0 Å². The number of hydrogen-bond acceptors (Lipinski definition) is 7. The Balaban J connectivity index is 2.63. The van der Waals surface area contributed by atoms with Crippen molar-refractivity contribution in [1.82, 2.24) is 16.0 Å². The van der Waals surface area contributed by atoms with Crippen LogP contribution in [0.15, 0.2) is 30.3 Å². The summed E-state index contributed by atoms with van der Waals surface area (Å²) in [5.74, 6) is -4.99. The molecule has 9 N–H and O–H groups in total. The standard InChI is InChI=1S/C21H31N5O7/c22-9-5-4-8-14(23)19(30)26-15(11-18(28)29)20(31)24-12-17(27)25-16(21(32)33)10-13-6-2-1-3-7-13/h1-3,6-7,14-16H,4-5,8-12,22-23H2,(H,24,31)(H,25,27)(H,26,30)(H,28,29)(H,32,33). The first-order valence-electron chi connectivity index (χ1n) is 10.5. The van der Waals surface area contributed by atoms with Crippen LogP contribution < -0.4 is 27.4 Å². The van der Waals surface area contributed by atoms with Crippen LogP contribution in [-0.4, -0.2) is 71.1 Å². The van der Waals surface area contributed by atoms with Crippen LogP contribution in [0.1, 0.15) is 31.2 Å². The Hall–Kier alpha value is -3.51. The molecule has 0 saturated heterocycles. The molecule has 0 aliphatic rings. The molecule has 0 spiro atoms. The average Bonchev–Trinajstić information content (AvgIpc) is 2.76. The van der Waals surface area contributed by atoms with Crippen molar-refractivity contribution < 1.29 is 34.2 Å². The highest BCUT2D eigenvalue weighted by Crippen LogP contribution is 2.04. The van der Waals surface area contributed by atoms with Crippen molar-refractivity contribution in [3.05, 3.63) is 35.9 Å². The Bertz CT molecular complexity index is 818. The number of amides is 3. The van der Waals surface area contributed by atoms with E-state index in [2.05, 4.69) is 16.0 Å². The maximum Gasteiger partial charge on any atom is 0.326 e. The number of rotatable bonds is 15. The second kappa shape index (κ2) is 14.5. The predicted octanol–water partition coefficient (Wildman–Crippen LogP) is -1.67. The summed E-state index contributed by atoms with van der Waals surface area (Å²) < 4.78 is 0. The van der Waals surface area contributed by atoms with E-state index >= 15 is 0 Å². The van der Waals surface area contributed by atoms with Gasteiger partial charge in [0.15, 0.2) is 0 Å². The largest absolute Gasteiger partial charge is 0.481 e. The molecule has 0 aromatic heterocycles. The highest BCUT2D eigenvalue weighted by Gasteiger charge is 2.27. The minimum absolute atomic E-state index is 0.0373. The second-order valence-electron chi connectivity index (χ2n) is 7.42. The first-order valence-corrected chi connectivity index (χ1v) is 10.5. The fraction of sp³-hybridized carbons (Fsp3) is 0.476. The van der Waals surface area contributed by atoms with Crippen LogP contribution in [0.3, 0.4) is 0 Å². The summed E-state index contributed by atoms with van der Waals surface area (Å²) in [5.41, 5.74) is 11.8. The normalized spacial score (nSPS) is 13.3. The molecular weight excluding hydrogens is 434 g/mol. The van der Waals surface area contributed by atoms with Gasteiger partial charge in [-0.2, -0.15) is 0 Å². The van der Waals surface area contributed by atoms with Gasteiger partial charge in [0.25, 0.3) is 0 Å². The van der Waals surface area contributed by atoms with E-state index in [1.165, 1.54) is 0 Å². The molecule has 0 saturated carbocycles. The molecule has 0 bridgehead atoms. The van der Waals surface area contributed by atoms with E-state index in [9.17, 15) is 29.1 Å². The smallest absolute Gasteiger partial charge is 0.326 e. The lowest BCUT2D eigenvalue weighted by molar-refractivity contribution is -0.142. The Morgan fingerprint density at radius 2 is 1.58 bits per heavy atom. The molecule has 3 atom stereocenters. The van der Waals surface area contributed by atoms with Gasteiger partial charge in [0.1, 0.15) is 12.1 Å². The van der Waals surface area contributed by atoms with Gasteiger partial charge < -0.3 is 37.6 Å². The van der Waals surface area contributed by atoms with Crippen molar-refractivity contribution in [2.75, 3.05) is 13.1 Å². The van der Waals surface area contributed by atoms with Gasteiger partial charge in [-0.1, -0.05) is 36.8 Å². The predicted molar refractivity (Wildman–Crippen MR) is 118 cm³/mol. The summed E-state index contributed by atoms with van der Waals surface area (Å²) in [4.78, 5) is 59.2. The number of hydrogen-bond donors (Lipinski definition) is 7. The molecule has 0 radical (unpaired) electrons. The lowest BCUT2D eigenvalue weighted by Gasteiger charge is -2.20. The number of carboxylic acids is 2. The van der Waals surface area contributed by atoms with E-state index in [0.29, 0.717) is 31.4 Å². The molecule has 12 nitrogen and oxygen atoms in total. The number of nitrogens with one attached hydrogen (secondary N) is 3. The summed E-state index contributed by atoms with van der Waals surface area (Å²) >= 11 is 0. The molecule has 3 amide bonds. The minimum atomic E-state index is -1.46. The van der Waals surface area contributed by atoms with Crippen LogP contribution >= 0.6 is 0 Å². The lowest BCUT2D eigenvalue weighted by atomic mass is 10.1. The molecule has 0 aliphatic carbocycles. The van der Waals surface area contributed by atoms with Crippen molar-refractivity contribution in [2.24, 2.45) is 11.5 Å². The third-order valence-corrected chi connectivity index (χ3v) is 4.66. The topological polar surface area (TPSA) is 214 Å². The molecule has 3 unspecified atom stereocenters. The van der Waals surface area contributed by atoms with Gasteiger partial charge in [-0.25, -0.2) is 4.79 Å². The molecule has 33 heavy (non-hydrogen) atoms. The van der Waals surface area contributed by atoms with Crippen LogP contribution in [-0.2, 0) is 30.4 Å². The molecule has 0 fully saturated rings. The number of carboxylic acid groups (broad SMARTS) is 2. The monoisotopic (exact) mass is 465 g/mol. The van der Waals surface area contributed by atoms with Crippen LogP contribution in [0.4, 0.5) is 0 Å². The summed E-state index contributed by atoms with van der Waals surface area (Å²) in [6.07, 6.45) is 0.881. The molecule has 0 aliphatic heterocycles. The highest BCUT2D eigenvalue weighted by molar-refractivity contribution is 5.94. The van der Waals surface area contributed by atoms with Crippen molar-refractivity contribution in [2.45, 2.75) is 50.2 Å². The molecule has 12 heteroatoms. The number of nitrogens with two attached hydrogens (primary N) is 2. The number of aliphatic carboxylic acids is 2. The van der Waals surface area contributed by atoms with E-state index in [1.54, 1.807) is 30.3 Å². The van der Waals surface area contributed by atoms with Crippen molar-refractivity contribution in [3.63, 3.8) is 0 Å². The number of carbonyl (C=O) groups is 5. The Kier molecular flexibility index (Phi) is 12.1. The van der Waals surface area contributed by atoms with Gasteiger partial charge in [-0.3, -0.25) is 19.2 Å². The van der Waals surface area contributed by atoms with E-state index in [0.717, 1.165) is 0 Å². The zero-order valence-electron chi connectivity index (χ0n) is 18.2. The van der Waals surface area contributed by atoms with Crippen LogP contribution in [0, 0.1) is 0 Å². The average molecular weight is 466 g/mol. The zero-order chi connectivity index (χ0) is 24.8. The van der Waals surface area contributed by atoms with Crippen molar-refractivity contribution in [1.29, 1.82) is 0 Å². The van der Waals surface area contributed by atoms with Crippen molar-refractivity contribution >= 4 is 29.7 Å². The maximum absolute atomic E-state index is 12.4. The van der Waals surface area contributed by atoms with Crippen molar-refractivity contribution in [3.8, 4) is 0 Å². The maximum atomic E-state index is 12.4. The minimum Gasteiger partial charge on any atom is -0.481 e. The summed E-state index contributed by atoms with van der Waals surface area (Å²) in [7, 11) is 0. The summed E-state index contributed by atoms with van der Waals surface area (Å²) in [5, 5.41) is 25.2. The van der Waals surface area contributed by atoms with Gasteiger partial charge in [0.05, 0.1) is 19.0 Å². The molecule has 1 aromatic carbocycles. The molecule has 1 rings (SSSR count). The fourth-order valence-corrected chi connectivity index (χ4v) is 2.89. The zero-order valence-corrected chi connectivity index (χ0v) is 18.2. The van der Waals surface area contributed by atoms with Gasteiger partial charge >= 0.3 is 11.9 Å². The molecule has 1 aromatic rings. The van der Waals surface area contributed by atoms with Crippen LogP contribution in [0.5, 0.6) is 0 Å². The third kappa shape index (κ3) is 11.1. The van der Waals surface area contributed by atoms with E-state index in [-0.39, 0.29) is 6.42 Å². The van der Waals surface area contributed by atoms with E-state index < -0.39 is 60.8 Å². The molecule has 0 heterocycles. The Morgan fingerprint density at radius 1 is 0.909 bits per heavy atom. The lowest BCUT2D eigenvalue weighted by Crippen LogP contribution is -2.54. The fourth-order valence-electron chi connectivity index (χ4n) is 2.89. The van der Waals surface area contributed by atoms with Crippen LogP contribution in [0.25, 0.3) is 0 Å². The SMILES string of the molecule is NCCCCC(N)C(=O)NC(CC(=O)O)C(=O)NCC(=O)NC(Cc1ccccc1)C(=O)O. The Labute approximate surface area is 191 Å². The Morgan fingerprint density at radius 3 is 2.15 bits per heavy atom. The quantitative estimate of drug-likeness (QED) is 0.147. The second-order valence-corrected chi connectivity index (χ2v) is 7.42. The number of benzene rings is 1. The van der Waals surface area contributed by atoms with Gasteiger partial charge in [0.2, 0.25) is 17.7 Å². The first kappa shape index (κ1) is 27.5. The van der Waals surface area contributed by atoms with Gasteiger partial charge in [-0.15, -0.1) is 0 Å². The van der Waals surface area contributed by atoms with Gasteiger partial charge in [0, 0.05) is 6.42 Å². The number of carbonyl (C=O) groups excluding carboxylic acids is 3. The number of unbranched alkanes of at least 4 members (excludes halogenated alkanes) is 1.